The fourth-order valence-electron chi connectivity index (χ4n) is 0.367. The molecule has 2 heteroatoms. The number of aliphatic imine (C=N–C) groups is 1. The van der Waals surface area contributed by atoms with Crippen molar-refractivity contribution in [2.24, 2.45) is 10.7 Å². The van der Waals surface area contributed by atoms with Crippen LogP contribution in [0.5, 0.6) is 0 Å². The van der Waals surface area contributed by atoms with Crippen molar-refractivity contribution in [2.45, 2.75) is 13.3 Å². The van der Waals surface area contributed by atoms with Gasteiger partial charge in [0.05, 0.1) is 0 Å². The molecule has 0 aromatic heterocycles. The molecular weight excluding hydrogens is 124 g/mol. The van der Waals surface area contributed by atoms with Gasteiger partial charge >= 0.3 is 0 Å². The zero-order valence-corrected chi connectivity index (χ0v) is 6.38. The molecule has 0 fully saturated rings. The topological polar surface area (TPSA) is 38.4 Å². The molecule has 0 rings (SSSR count). The first-order valence-corrected chi connectivity index (χ1v) is 3.37. The van der Waals surface area contributed by atoms with E-state index in [9.17, 15) is 0 Å². The van der Waals surface area contributed by atoms with Crippen LogP contribution >= 0.6 is 0 Å². The van der Waals surface area contributed by atoms with Gasteiger partial charge in [-0.15, -0.1) is 0 Å². The molecule has 0 spiro atoms. The average molecular weight is 138 g/mol. The van der Waals surface area contributed by atoms with Crippen LogP contribution in [0.15, 0.2) is 29.4 Å². The quantitative estimate of drug-likeness (QED) is 0.587. The Hall–Kier alpha value is -0.890. The summed E-state index contributed by atoms with van der Waals surface area (Å²) in [5, 5.41) is 0. The van der Waals surface area contributed by atoms with E-state index >= 15 is 0 Å². The lowest BCUT2D eigenvalue weighted by molar-refractivity contribution is 1.20. The fraction of sp³-hybridized carbons (Fsp3) is 0.375. The maximum atomic E-state index is 5.27. The van der Waals surface area contributed by atoms with Crippen LogP contribution < -0.4 is 5.73 Å². The summed E-state index contributed by atoms with van der Waals surface area (Å²) < 4.78 is 0. The average Bonchev–Trinajstić information content (AvgIpc) is 1.98. The van der Waals surface area contributed by atoms with Crippen LogP contribution in [0.2, 0.25) is 0 Å². The summed E-state index contributed by atoms with van der Waals surface area (Å²) in [7, 11) is 0. The van der Waals surface area contributed by atoms with Gasteiger partial charge in [-0.05, 0) is 12.0 Å². The largest absolute Gasteiger partial charge is 0.326 e. The van der Waals surface area contributed by atoms with Crippen molar-refractivity contribution >= 4 is 6.21 Å². The van der Waals surface area contributed by atoms with Crippen LogP contribution in [0, 0.1) is 0 Å². The van der Waals surface area contributed by atoms with E-state index in [4.69, 9.17) is 5.73 Å². The van der Waals surface area contributed by atoms with Gasteiger partial charge in [0.2, 0.25) is 0 Å². The van der Waals surface area contributed by atoms with E-state index in [0.29, 0.717) is 6.54 Å². The molecule has 0 amide bonds. The molecule has 0 bridgehead atoms. The van der Waals surface area contributed by atoms with Crippen LogP contribution in [0.25, 0.3) is 0 Å². The molecule has 0 radical (unpaired) electrons. The van der Waals surface area contributed by atoms with Gasteiger partial charge in [0.1, 0.15) is 0 Å². The van der Waals surface area contributed by atoms with Gasteiger partial charge in [-0.25, -0.2) is 0 Å². The number of nitrogens with zero attached hydrogens (tertiary/aromatic N) is 1. The molecule has 2 nitrogen and oxygen atoms in total. The van der Waals surface area contributed by atoms with Crippen molar-refractivity contribution in [2.75, 3.05) is 6.54 Å². The molecule has 0 heterocycles. The molecule has 0 unspecified atom stereocenters. The molecule has 2 N–H and O–H groups in total. The molecule has 0 atom stereocenters. The lowest BCUT2D eigenvalue weighted by Crippen LogP contribution is -2.01. The first-order valence-electron chi connectivity index (χ1n) is 3.37. The Kier molecular flexibility index (Phi) is 5.68. The highest BCUT2D eigenvalue weighted by Crippen LogP contribution is 1.83. The van der Waals surface area contributed by atoms with E-state index < -0.39 is 0 Å². The summed E-state index contributed by atoms with van der Waals surface area (Å²) in [6.45, 7) is 6.20. The third-order valence-electron chi connectivity index (χ3n) is 0.946. The van der Waals surface area contributed by atoms with Gasteiger partial charge in [-0.1, -0.05) is 19.6 Å². The molecule has 10 heavy (non-hydrogen) atoms. The SMILES string of the molecule is C=C(C=NC=CCC)CN. The van der Waals surface area contributed by atoms with Crippen molar-refractivity contribution in [1.29, 1.82) is 0 Å². The Morgan fingerprint density at radius 3 is 2.90 bits per heavy atom. The number of hydrogen-bond donors (Lipinski definition) is 1. The van der Waals surface area contributed by atoms with E-state index in [1.807, 2.05) is 6.08 Å². The molecule has 0 aliphatic rings. The first-order chi connectivity index (χ1) is 4.81. The summed E-state index contributed by atoms with van der Waals surface area (Å²) in [5.41, 5.74) is 6.12. The summed E-state index contributed by atoms with van der Waals surface area (Å²) in [4.78, 5) is 3.95. The van der Waals surface area contributed by atoms with Gasteiger partial charge < -0.3 is 5.73 Å². The Morgan fingerprint density at radius 1 is 1.70 bits per heavy atom. The normalized spacial score (nSPS) is 11.4. The predicted molar refractivity (Wildman–Crippen MR) is 46.1 cm³/mol. The highest BCUT2D eigenvalue weighted by molar-refractivity contribution is 5.78. The molecule has 0 aromatic carbocycles. The number of hydrogen-bond acceptors (Lipinski definition) is 2. The van der Waals surface area contributed by atoms with Crippen molar-refractivity contribution in [3.05, 3.63) is 24.4 Å². The van der Waals surface area contributed by atoms with Crippen molar-refractivity contribution < 1.29 is 0 Å². The van der Waals surface area contributed by atoms with Gasteiger partial charge in [0, 0.05) is 19.0 Å². The summed E-state index contributed by atoms with van der Waals surface area (Å²) in [5.74, 6) is 0. The molecule has 0 saturated heterocycles. The minimum Gasteiger partial charge on any atom is -0.326 e. The molecule has 56 valence electrons. The van der Waals surface area contributed by atoms with Gasteiger partial charge in [-0.2, -0.15) is 0 Å². The molecule has 0 aromatic rings. The molecular formula is C8H14N2. The third-order valence-corrected chi connectivity index (χ3v) is 0.946. The van der Waals surface area contributed by atoms with Gasteiger partial charge in [-0.3, -0.25) is 4.99 Å². The minimum absolute atomic E-state index is 0.476. The predicted octanol–water partition coefficient (Wildman–Crippen LogP) is 1.50. The second-order valence-corrected chi connectivity index (χ2v) is 1.93. The van der Waals surface area contributed by atoms with Gasteiger partial charge in [0.15, 0.2) is 0 Å². The molecule has 0 aliphatic heterocycles. The molecule has 0 aliphatic carbocycles. The van der Waals surface area contributed by atoms with Crippen LogP contribution in [0.1, 0.15) is 13.3 Å². The first kappa shape index (κ1) is 9.11. The fourth-order valence-corrected chi connectivity index (χ4v) is 0.367. The zero-order valence-electron chi connectivity index (χ0n) is 6.38. The van der Waals surface area contributed by atoms with Crippen molar-refractivity contribution in [3.8, 4) is 0 Å². The Morgan fingerprint density at radius 2 is 2.40 bits per heavy atom. The lowest BCUT2D eigenvalue weighted by atomic mass is 10.3. The molecule has 0 saturated carbocycles. The maximum Gasteiger partial charge on any atom is 0.0306 e. The van der Waals surface area contributed by atoms with E-state index in [-0.39, 0.29) is 0 Å². The smallest absolute Gasteiger partial charge is 0.0306 e. The number of allylic oxidation sites excluding steroid dienone is 1. The summed E-state index contributed by atoms with van der Waals surface area (Å²) in [6.07, 6.45) is 6.40. The number of rotatable bonds is 4. The van der Waals surface area contributed by atoms with E-state index in [2.05, 4.69) is 18.5 Å². The van der Waals surface area contributed by atoms with Gasteiger partial charge in [0.25, 0.3) is 0 Å². The highest BCUT2D eigenvalue weighted by Gasteiger charge is 1.78. The minimum atomic E-state index is 0.476. The third kappa shape index (κ3) is 5.25. The van der Waals surface area contributed by atoms with Crippen molar-refractivity contribution in [1.82, 2.24) is 0 Å². The maximum absolute atomic E-state index is 5.27. The van der Waals surface area contributed by atoms with E-state index in [0.717, 1.165) is 12.0 Å². The van der Waals surface area contributed by atoms with Crippen LogP contribution in [-0.4, -0.2) is 12.8 Å². The highest BCUT2D eigenvalue weighted by atomic mass is 14.7. The van der Waals surface area contributed by atoms with Crippen LogP contribution in [-0.2, 0) is 0 Å². The Bertz CT molecular complexity index is 145. The van der Waals surface area contributed by atoms with Crippen LogP contribution in [0.3, 0.4) is 0 Å². The second-order valence-electron chi connectivity index (χ2n) is 1.93. The lowest BCUT2D eigenvalue weighted by Gasteiger charge is -1.86. The summed E-state index contributed by atoms with van der Waals surface area (Å²) in [6, 6.07) is 0. The Balaban J connectivity index is 3.55. The van der Waals surface area contributed by atoms with Crippen molar-refractivity contribution in [3.63, 3.8) is 0 Å². The number of nitrogens with two attached hydrogens (primary N) is 1. The Labute approximate surface area is 62.1 Å². The van der Waals surface area contributed by atoms with E-state index in [1.54, 1.807) is 12.4 Å². The van der Waals surface area contributed by atoms with E-state index in [1.165, 1.54) is 0 Å². The standard InChI is InChI=1S/C8H14N2/c1-3-4-5-10-7-8(2)6-9/h4-5,7H,2-3,6,9H2,1H3. The van der Waals surface area contributed by atoms with Crippen LogP contribution in [0.4, 0.5) is 0 Å². The summed E-state index contributed by atoms with van der Waals surface area (Å²) >= 11 is 0. The zero-order chi connectivity index (χ0) is 7.82. The monoisotopic (exact) mass is 138 g/mol. The second kappa shape index (κ2) is 6.23.